The van der Waals surface area contributed by atoms with Gasteiger partial charge >= 0.3 is 0 Å². The molecule has 1 N–H and O–H groups in total. The second-order valence-electron chi connectivity index (χ2n) is 5.68. The summed E-state index contributed by atoms with van der Waals surface area (Å²) < 4.78 is 0. The molecule has 0 bridgehead atoms. The molecule has 110 valence electrons. The van der Waals surface area contributed by atoms with E-state index in [4.69, 9.17) is 0 Å². The zero-order chi connectivity index (χ0) is 14.7. The first-order valence-electron chi connectivity index (χ1n) is 7.44. The first kappa shape index (κ1) is 14.3. The van der Waals surface area contributed by atoms with Crippen molar-refractivity contribution in [2.24, 2.45) is 0 Å². The van der Waals surface area contributed by atoms with Crippen LogP contribution >= 0.6 is 11.3 Å². The molecule has 1 aliphatic rings. The Hall–Kier alpha value is -1.65. The Kier molecular flexibility index (Phi) is 4.36. The van der Waals surface area contributed by atoms with Crippen LogP contribution in [0.1, 0.15) is 20.8 Å². The number of nitrogens with one attached hydrogen (secondary N) is 1. The van der Waals surface area contributed by atoms with Crippen LogP contribution in [0.3, 0.4) is 0 Å². The van der Waals surface area contributed by atoms with Crippen molar-refractivity contribution in [1.82, 2.24) is 4.90 Å². The van der Waals surface area contributed by atoms with Gasteiger partial charge in [0.1, 0.15) is 6.54 Å². The largest absolute Gasteiger partial charge is 0.328 e. The van der Waals surface area contributed by atoms with Crippen LogP contribution in [0, 0.1) is 6.92 Å². The molecule has 3 rings (SSSR count). The first-order chi connectivity index (χ1) is 10.2. The van der Waals surface area contributed by atoms with Crippen molar-refractivity contribution in [2.75, 3.05) is 26.2 Å². The summed E-state index contributed by atoms with van der Waals surface area (Å²) in [6.45, 7) is 6.96. The van der Waals surface area contributed by atoms with Gasteiger partial charge in [-0.25, -0.2) is 0 Å². The minimum Gasteiger partial charge on any atom is -0.328 e. The van der Waals surface area contributed by atoms with Crippen molar-refractivity contribution in [3.63, 3.8) is 0 Å². The molecule has 0 radical (unpaired) electrons. The molecule has 2 aromatic rings. The predicted molar refractivity (Wildman–Crippen MR) is 85.8 cm³/mol. The second kappa shape index (κ2) is 6.41. The number of carbonyl (C=O) groups excluding carboxylic acids is 1. The van der Waals surface area contributed by atoms with Gasteiger partial charge in [0, 0.05) is 5.56 Å². The van der Waals surface area contributed by atoms with E-state index in [9.17, 15) is 4.79 Å². The van der Waals surface area contributed by atoms with E-state index < -0.39 is 0 Å². The number of nitrogens with zero attached hydrogens (tertiary/aromatic N) is 1. The Labute approximate surface area is 129 Å². The number of carbonyl (C=O) groups is 1. The van der Waals surface area contributed by atoms with Gasteiger partial charge in [-0.1, -0.05) is 35.9 Å². The quantitative estimate of drug-likeness (QED) is 0.915. The summed E-state index contributed by atoms with van der Waals surface area (Å²) in [5.74, 6) is 0.194. The number of amides is 1. The predicted octanol–water partition coefficient (Wildman–Crippen LogP) is 1.60. The van der Waals surface area contributed by atoms with E-state index in [1.54, 1.807) is 4.90 Å². The molecule has 0 aliphatic carbocycles. The van der Waals surface area contributed by atoms with Gasteiger partial charge in [0.25, 0.3) is 5.91 Å². The van der Waals surface area contributed by atoms with Crippen LogP contribution < -0.4 is 4.90 Å². The lowest BCUT2D eigenvalue weighted by Gasteiger charge is -2.32. The van der Waals surface area contributed by atoms with Gasteiger partial charge in [0.05, 0.1) is 31.1 Å². The van der Waals surface area contributed by atoms with Crippen molar-refractivity contribution in [2.45, 2.75) is 13.5 Å². The second-order valence-corrected chi connectivity index (χ2v) is 6.63. The maximum Gasteiger partial charge on any atom is 0.264 e. The number of benzene rings is 1. The zero-order valence-electron chi connectivity index (χ0n) is 12.3. The molecule has 1 saturated heterocycles. The maximum absolute atomic E-state index is 12.3. The fourth-order valence-corrected chi connectivity index (χ4v) is 3.44. The topological polar surface area (TPSA) is 24.8 Å². The summed E-state index contributed by atoms with van der Waals surface area (Å²) in [7, 11) is 0. The third-order valence-electron chi connectivity index (χ3n) is 4.06. The fourth-order valence-electron chi connectivity index (χ4n) is 2.75. The van der Waals surface area contributed by atoms with Crippen LogP contribution in [-0.4, -0.2) is 37.0 Å². The average Bonchev–Trinajstić information content (AvgIpc) is 3.04. The molecule has 1 amide bonds. The zero-order valence-corrected chi connectivity index (χ0v) is 13.2. The Bertz CT molecular complexity index is 584. The van der Waals surface area contributed by atoms with E-state index >= 15 is 0 Å². The van der Waals surface area contributed by atoms with E-state index in [1.807, 2.05) is 22.4 Å². The van der Waals surface area contributed by atoms with Crippen LogP contribution in [0.15, 0.2) is 41.8 Å². The summed E-state index contributed by atoms with van der Waals surface area (Å²) in [6, 6.07) is 12.6. The van der Waals surface area contributed by atoms with Crippen LogP contribution in [-0.2, 0) is 6.54 Å². The highest BCUT2D eigenvalue weighted by atomic mass is 32.1. The highest BCUT2D eigenvalue weighted by molar-refractivity contribution is 7.12. The number of hydrogen-bond acceptors (Lipinski definition) is 2. The SMILES string of the molecule is Cc1ccc(C[NH+]2CCN(C(=O)c3cccs3)CC2)cc1. The van der Waals surface area contributed by atoms with Crippen LogP contribution in [0.4, 0.5) is 0 Å². The first-order valence-corrected chi connectivity index (χ1v) is 8.32. The molecule has 0 saturated carbocycles. The van der Waals surface area contributed by atoms with E-state index in [0.29, 0.717) is 0 Å². The Morgan fingerprint density at radius 3 is 2.52 bits per heavy atom. The van der Waals surface area contributed by atoms with E-state index in [-0.39, 0.29) is 5.91 Å². The Morgan fingerprint density at radius 1 is 1.19 bits per heavy atom. The fraction of sp³-hybridized carbons (Fsp3) is 0.353. The highest BCUT2D eigenvalue weighted by Gasteiger charge is 2.24. The number of piperazine rings is 1. The number of rotatable bonds is 3. The molecule has 1 aliphatic heterocycles. The van der Waals surface area contributed by atoms with Crippen molar-refractivity contribution >= 4 is 17.2 Å². The molecule has 0 spiro atoms. The number of aryl methyl sites for hydroxylation is 1. The number of hydrogen-bond donors (Lipinski definition) is 1. The van der Waals surface area contributed by atoms with Gasteiger partial charge in [-0.2, -0.15) is 0 Å². The summed E-state index contributed by atoms with van der Waals surface area (Å²) in [5.41, 5.74) is 2.69. The van der Waals surface area contributed by atoms with Gasteiger partial charge in [0.2, 0.25) is 0 Å². The highest BCUT2D eigenvalue weighted by Crippen LogP contribution is 2.12. The minimum absolute atomic E-state index is 0.194. The lowest BCUT2D eigenvalue weighted by atomic mass is 10.1. The molecule has 0 atom stereocenters. The van der Waals surface area contributed by atoms with Crippen molar-refractivity contribution < 1.29 is 9.69 Å². The summed E-state index contributed by atoms with van der Waals surface area (Å²) in [4.78, 5) is 16.7. The summed E-state index contributed by atoms with van der Waals surface area (Å²) in [5, 5.41) is 1.96. The van der Waals surface area contributed by atoms with Crippen LogP contribution in [0.2, 0.25) is 0 Å². The molecule has 2 heterocycles. The monoisotopic (exact) mass is 301 g/mol. The van der Waals surface area contributed by atoms with Crippen molar-refractivity contribution in [3.05, 3.63) is 57.8 Å². The molecule has 3 nitrogen and oxygen atoms in total. The number of quaternary nitrogens is 1. The van der Waals surface area contributed by atoms with E-state index in [1.165, 1.54) is 22.5 Å². The van der Waals surface area contributed by atoms with Gasteiger partial charge < -0.3 is 9.80 Å². The molecule has 1 aromatic carbocycles. The van der Waals surface area contributed by atoms with Gasteiger partial charge in [-0.15, -0.1) is 11.3 Å². The Morgan fingerprint density at radius 2 is 1.90 bits per heavy atom. The molecule has 1 fully saturated rings. The lowest BCUT2D eigenvalue weighted by molar-refractivity contribution is -0.917. The molecule has 1 aromatic heterocycles. The average molecular weight is 301 g/mol. The summed E-state index contributed by atoms with van der Waals surface area (Å²) in [6.07, 6.45) is 0. The smallest absolute Gasteiger partial charge is 0.264 e. The lowest BCUT2D eigenvalue weighted by Crippen LogP contribution is -3.13. The van der Waals surface area contributed by atoms with Crippen molar-refractivity contribution in [3.8, 4) is 0 Å². The third kappa shape index (κ3) is 3.52. The van der Waals surface area contributed by atoms with Gasteiger partial charge in [-0.05, 0) is 18.4 Å². The standard InChI is InChI=1S/C17H20N2OS/c1-14-4-6-15(7-5-14)13-18-8-10-19(11-9-18)17(20)16-3-2-12-21-16/h2-7,12H,8-11,13H2,1H3/p+1. The van der Waals surface area contributed by atoms with Crippen molar-refractivity contribution in [1.29, 1.82) is 0 Å². The summed E-state index contributed by atoms with van der Waals surface area (Å²) >= 11 is 1.53. The molecule has 4 heteroatoms. The molecular weight excluding hydrogens is 280 g/mol. The Balaban J connectivity index is 1.53. The number of thiophene rings is 1. The van der Waals surface area contributed by atoms with E-state index in [0.717, 1.165) is 37.6 Å². The van der Waals surface area contributed by atoms with Crippen LogP contribution in [0.25, 0.3) is 0 Å². The van der Waals surface area contributed by atoms with Gasteiger partial charge in [0.15, 0.2) is 0 Å². The molecular formula is C17H21N2OS+. The molecule has 21 heavy (non-hydrogen) atoms. The maximum atomic E-state index is 12.3. The van der Waals surface area contributed by atoms with Crippen LogP contribution in [0.5, 0.6) is 0 Å². The van der Waals surface area contributed by atoms with E-state index in [2.05, 4.69) is 31.2 Å². The normalized spacial score (nSPS) is 16.1. The third-order valence-corrected chi connectivity index (χ3v) is 4.92. The minimum atomic E-state index is 0.194. The van der Waals surface area contributed by atoms with Gasteiger partial charge in [-0.3, -0.25) is 4.79 Å². The molecule has 0 unspecified atom stereocenters.